The molecule has 1 fully saturated rings. The van der Waals surface area contributed by atoms with Crippen molar-refractivity contribution < 1.29 is 13.3 Å². The summed E-state index contributed by atoms with van der Waals surface area (Å²) < 4.78 is 23.7. The van der Waals surface area contributed by atoms with Crippen LogP contribution in [0.1, 0.15) is 12.8 Å². The minimum atomic E-state index is -3.67. The van der Waals surface area contributed by atoms with Crippen molar-refractivity contribution >= 4 is 37.5 Å². The van der Waals surface area contributed by atoms with Crippen molar-refractivity contribution in [3.05, 3.63) is 45.8 Å². The molecule has 0 radical (unpaired) electrons. The van der Waals surface area contributed by atoms with E-state index in [9.17, 15) is 18.5 Å². The van der Waals surface area contributed by atoms with Crippen molar-refractivity contribution in [1.29, 1.82) is 0 Å². The molecule has 2 heterocycles. The van der Waals surface area contributed by atoms with Gasteiger partial charge < -0.3 is 10.2 Å². The Hall–Kier alpha value is -2.13. The Kier molecular flexibility index (Phi) is 4.96. The Balaban J connectivity index is 1.77. The van der Waals surface area contributed by atoms with Gasteiger partial charge in [-0.1, -0.05) is 6.07 Å². The van der Waals surface area contributed by atoms with E-state index >= 15 is 0 Å². The molecule has 0 spiro atoms. The Morgan fingerprint density at radius 1 is 1.24 bits per heavy atom. The zero-order valence-electron chi connectivity index (χ0n) is 13.7. The van der Waals surface area contributed by atoms with E-state index in [1.54, 1.807) is 17.4 Å². The van der Waals surface area contributed by atoms with Gasteiger partial charge in [-0.15, -0.1) is 11.3 Å². The van der Waals surface area contributed by atoms with Gasteiger partial charge in [0, 0.05) is 25.4 Å². The number of hydrogen-bond donors (Lipinski definition) is 1. The van der Waals surface area contributed by atoms with Crippen LogP contribution >= 0.6 is 11.3 Å². The quantitative estimate of drug-likeness (QED) is 0.632. The maximum absolute atomic E-state index is 11.8. The lowest BCUT2D eigenvalue weighted by Gasteiger charge is -2.33. The van der Waals surface area contributed by atoms with Crippen LogP contribution in [0.4, 0.5) is 16.4 Å². The number of anilines is 2. The maximum Gasteiger partial charge on any atom is 0.310 e. The van der Waals surface area contributed by atoms with Crippen molar-refractivity contribution in [2.24, 2.45) is 0 Å². The Morgan fingerprint density at radius 2 is 1.96 bits per heavy atom. The zero-order chi connectivity index (χ0) is 18.0. The second-order valence-corrected chi connectivity index (χ2v) is 8.95. The van der Waals surface area contributed by atoms with Crippen LogP contribution in [0.2, 0.25) is 0 Å². The highest BCUT2D eigenvalue weighted by Crippen LogP contribution is 2.34. The fraction of sp³-hybridized carbons (Fsp3) is 0.375. The number of nitro benzene ring substituents is 1. The molecule has 134 valence electrons. The van der Waals surface area contributed by atoms with Gasteiger partial charge in [-0.25, -0.2) is 8.42 Å². The molecule has 7 nitrogen and oxygen atoms in total. The fourth-order valence-corrected chi connectivity index (χ4v) is 4.69. The number of thiophene rings is 1. The molecule has 25 heavy (non-hydrogen) atoms. The van der Waals surface area contributed by atoms with E-state index in [1.807, 2.05) is 11.4 Å². The maximum atomic E-state index is 11.8. The average Bonchev–Trinajstić information content (AvgIpc) is 3.09. The molecule has 0 amide bonds. The zero-order valence-corrected chi connectivity index (χ0v) is 15.3. The summed E-state index contributed by atoms with van der Waals surface area (Å²) in [5.74, 6) is 0. The largest absolute Gasteiger partial charge is 0.377 e. The molecule has 1 aromatic heterocycles. The molecule has 1 aliphatic heterocycles. The SMILES string of the molecule is CS(=O)(=O)c1cccc(NC2CCN(c3cccs3)CC2)c1[N+](=O)[O-]. The van der Waals surface area contributed by atoms with Crippen molar-refractivity contribution in [3.8, 4) is 0 Å². The summed E-state index contributed by atoms with van der Waals surface area (Å²) in [6.45, 7) is 1.72. The lowest BCUT2D eigenvalue weighted by molar-refractivity contribution is -0.386. The molecule has 9 heteroatoms. The first-order chi connectivity index (χ1) is 11.9. The number of sulfone groups is 1. The number of para-hydroxylation sites is 1. The molecule has 0 aliphatic carbocycles. The van der Waals surface area contributed by atoms with Gasteiger partial charge in [0.25, 0.3) is 0 Å². The van der Waals surface area contributed by atoms with Gasteiger partial charge in [-0.05, 0) is 42.5 Å². The van der Waals surface area contributed by atoms with Crippen molar-refractivity contribution in [3.63, 3.8) is 0 Å². The van der Waals surface area contributed by atoms with Gasteiger partial charge in [0.15, 0.2) is 9.84 Å². The van der Waals surface area contributed by atoms with Gasteiger partial charge in [0.1, 0.15) is 10.6 Å². The van der Waals surface area contributed by atoms with Gasteiger partial charge in [-0.3, -0.25) is 10.1 Å². The van der Waals surface area contributed by atoms with Crippen molar-refractivity contribution in [2.75, 3.05) is 29.6 Å². The Morgan fingerprint density at radius 3 is 2.52 bits per heavy atom. The lowest BCUT2D eigenvalue weighted by atomic mass is 10.0. The van der Waals surface area contributed by atoms with Crippen LogP contribution in [0.25, 0.3) is 0 Å². The molecular weight excluding hydrogens is 362 g/mol. The third-order valence-corrected chi connectivity index (χ3v) is 6.31. The lowest BCUT2D eigenvalue weighted by Crippen LogP contribution is -2.38. The number of piperidine rings is 1. The highest BCUT2D eigenvalue weighted by molar-refractivity contribution is 7.90. The predicted molar refractivity (Wildman–Crippen MR) is 99.4 cm³/mol. The van der Waals surface area contributed by atoms with Crippen LogP contribution < -0.4 is 10.2 Å². The number of benzene rings is 1. The molecule has 2 aromatic rings. The molecule has 1 aliphatic rings. The number of nitrogens with zero attached hydrogens (tertiary/aromatic N) is 2. The van der Waals surface area contributed by atoms with Gasteiger partial charge in [-0.2, -0.15) is 0 Å². The van der Waals surface area contributed by atoms with E-state index in [2.05, 4.69) is 16.3 Å². The number of rotatable bonds is 5. The second kappa shape index (κ2) is 7.01. The molecule has 1 N–H and O–H groups in total. The number of nitro groups is 1. The summed E-state index contributed by atoms with van der Waals surface area (Å²) in [6.07, 6.45) is 2.65. The van der Waals surface area contributed by atoms with E-state index in [0.29, 0.717) is 0 Å². The molecule has 1 aromatic carbocycles. The summed E-state index contributed by atoms with van der Waals surface area (Å²) in [7, 11) is -3.67. The van der Waals surface area contributed by atoms with Crippen LogP contribution in [0.3, 0.4) is 0 Å². The molecule has 0 saturated carbocycles. The second-order valence-electron chi connectivity index (χ2n) is 6.04. The molecule has 0 atom stereocenters. The first kappa shape index (κ1) is 17.7. The molecular formula is C16H19N3O4S2. The van der Waals surface area contributed by atoms with Crippen LogP contribution in [-0.4, -0.2) is 38.7 Å². The van der Waals surface area contributed by atoms with Gasteiger partial charge >= 0.3 is 5.69 Å². The third-order valence-electron chi connectivity index (χ3n) is 4.25. The molecule has 0 bridgehead atoms. The predicted octanol–water partition coefficient (Wildman–Crippen LogP) is 3.14. The summed E-state index contributed by atoms with van der Waals surface area (Å²) >= 11 is 1.70. The smallest absolute Gasteiger partial charge is 0.310 e. The standard InChI is InChI=1S/C16H19N3O4S2/c1-25(22,23)14-5-2-4-13(16(14)19(20)21)17-12-7-9-18(10-8-12)15-6-3-11-24-15/h2-6,11-12,17H,7-10H2,1H3. The summed E-state index contributed by atoms with van der Waals surface area (Å²) in [5.41, 5.74) is -0.104. The molecule has 1 saturated heterocycles. The normalized spacial score (nSPS) is 16.0. The summed E-state index contributed by atoms with van der Waals surface area (Å²) in [4.78, 5) is 12.9. The summed E-state index contributed by atoms with van der Waals surface area (Å²) in [6, 6.07) is 8.55. The molecule has 3 rings (SSSR count). The van der Waals surface area contributed by atoms with Crippen LogP contribution in [-0.2, 0) is 9.84 Å². The Bertz CT molecular complexity index is 858. The highest BCUT2D eigenvalue weighted by Gasteiger charge is 2.28. The molecule has 0 unspecified atom stereocenters. The number of nitrogens with one attached hydrogen (secondary N) is 1. The van der Waals surface area contributed by atoms with Crippen molar-refractivity contribution in [2.45, 2.75) is 23.8 Å². The van der Waals surface area contributed by atoms with Crippen molar-refractivity contribution in [1.82, 2.24) is 0 Å². The topological polar surface area (TPSA) is 92.6 Å². The average molecular weight is 381 g/mol. The van der Waals surface area contributed by atoms with E-state index in [1.165, 1.54) is 17.1 Å². The van der Waals surface area contributed by atoms with Gasteiger partial charge in [0.05, 0.1) is 9.92 Å². The minimum Gasteiger partial charge on any atom is -0.377 e. The van der Waals surface area contributed by atoms with E-state index in [-0.39, 0.29) is 22.3 Å². The Labute approximate surface area is 150 Å². The third kappa shape index (κ3) is 3.93. The van der Waals surface area contributed by atoms with Gasteiger partial charge in [0.2, 0.25) is 0 Å². The first-order valence-electron chi connectivity index (χ1n) is 7.88. The number of hydrogen-bond acceptors (Lipinski definition) is 7. The van der Waals surface area contributed by atoms with E-state index in [4.69, 9.17) is 0 Å². The minimum absolute atomic E-state index is 0.0738. The fourth-order valence-electron chi connectivity index (χ4n) is 3.04. The van der Waals surface area contributed by atoms with Crippen LogP contribution in [0.5, 0.6) is 0 Å². The van der Waals surface area contributed by atoms with E-state index in [0.717, 1.165) is 32.2 Å². The monoisotopic (exact) mass is 381 g/mol. The van der Waals surface area contributed by atoms with E-state index < -0.39 is 14.8 Å². The summed E-state index contributed by atoms with van der Waals surface area (Å²) in [5, 5.41) is 17.9. The first-order valence-corrected chi connectivity index (χ1v) is 10.7. The highest BCUT2D eigenvalue weighted by atomic mass is 32.2. The van der Waals surface area contributed by atoms with Crippen LogP contribution in [0, 0.1) is 10.1 Å². The van der Waals surface area contributed by atoms with Crippen LogP contribution in [0.15, 0.2) is 40.6 Å².